The fourth-order valence-electron chi connectivity index (χ4n) is 4.10. The maximum Gasteiger partial charge on any atom is 0.220 e. The van der Waals surface area contributed by atoms with Gasteiger partial charge in [-0.3, -0.25) is 4.79 Å². The number of amides is 1. The van der Waals surface area contributed by atoms with Gasteiger partial charge in [0.1, 0.15) is 0 Å². The molecule has 1 amide bonds. The first-order chi connectivity index (χ1) is 9.65. The van der Waals surface area contributed by atoms with Gasteiger partial charge >= 0.3 is 0 Å². The van der Waals surface area contributed by atoms with Crippen LogP contribution in [0.15, 0.2) is 0 Å². The lowest BCUT2D eigenvalue weighted by atomic mass is 9.71. The molecule has 3 nitrogen and oxygen atoms in total. The first-order valence-electron chi connectivity index (χ1n) is 8.62. The zero-order valence-corrected chi connectivity index (χ0v) is 13.1. The molecule has 0 spiro atoms. The number of hydrogen-bond donors (Lipinski definition) is 2. The summed E-state index contributed by atoms with van der Waals surface area (Å²) in [5.74, 6) is 1.69. The van der Waals surface area contributed by atoms with E-state index in [1.165, 1.54) is 44.9 Å². The Morgan fingerprint density at radius 3 is 2.50 bits per heavy atom. The van der Waals surface area contributed by atoms with Gasteiger partial charge in [-0.2, -0.15) is 0 Å². The van der Waals surface area contributed by atoms with Crippen LogP contribution in [0.5, 0.6) is 0 Å². The Bertz CT molecular complexity index is 310. The zero-order chi connectivity index (χ0) is 14.4. The summed E-state index contributed by atoms with van der Waals surface area (Å²) < 4.78 is 0. The van der Waals surface area contributed by atoms with E-state index in [2.05, 4.69) is 12.2 Å². The van der Waals surface area contributed by atoms with Crippen molar-refractivity contribution in [3.8, 4) is 0 Å². The average Bonchev–Trinajstić information content (AvgIpc) is 2.47. The summed E-state index contributed by atoms with van der Waals surface area (Å²) in [5.41, 5.74) is 6.07. The topological polar surface area (TPSA) is 55.1 Å². The molecule has 0 aromatic rings. The van der Waals surface area contributed by atoms with Gasteiger partial charge in [-0.25, -0.2) is 0 Å². The molecular formula is C17H32N2O. The van der Waals surface area contributed by atoms with Gasteiger partial charge in [0.05, 0.1) is 0 Å². The number of hydrogen-bond acceptors (Lipinski definition) is 2. The van der Waals surface area contributed by atoms with E-state index in [9.17, 15) is 4.79 Å². The highest BCUT2D eigenvalue weighted by Gasteiger charge is 2.33. The summed E-state index contributed by atoms with van der Waals surface area (Å²) in [6.45, 7) is 3.87. The summed E-state index contributed by atoms with van der Waals surface area (Å²) >= 11 is 0. The van der Waals surface area contributed by atoms with Crippen molar-refractivity contribution in [1.82, 2.24) is 5.32 Å². The maximum absolute atomic E-state index is 12.3. The average molecular weight is 280 g/mol. The van der Waals surface area contributed by atoms with E-state index in [4.69, 9.17) is 5.73 Å². The molecule has 0 aromatic carbocycles. The van der Waals surface area contributed by atoms with Gasteiger partial charge in [0.15, 0.2) is 0 Å². The summed E-state index contributed by atoms with van der Waals surface area (Å²) in [5, 5.41) is 3.19. The first kappa shape index (κ1) is 15.8. The molecule has 2 saturated carbocycles. The van der Waals surface area contributed by atoms with E-state index >= 15 is 0 Å². The van der Waals surface area contributed by atoms with Crippen LogP contribution in [0.3, 0.4) is 0 Å². The van der Waals surface area contributed by atoms with Crippen LogP contribution in [0.1, 0.15) is 71.1 Å². The molecule has 0 aliphatic heterocycles. The number of rotatable bonds is 5. The van der Waals surface area contributed by atoms with Crippen LogP contribution in [-0.2, 0) is 4.79 Å². The molecule has 0 bridgehead atoms. The lowest BCUT2D eigenvalue weighted by molar-refractivity contribution is -0.124. The van der Waals surface area contributed by atoms with Crippen molar-refractivity contribution in [2.24, 2.45) is 23.0 Å². The van der Waals surface area contributed by atoms with E-state index in [0.29, 0.717) is 18.9 Å². The Morgan fingerprint density at radius 1 is 1.15 bits per heavy atom. The third-order valence-corrected chi connectivity index (χ3v) is 5.73. The number of nitrogens with one attached hydrogen (secondary N) is 1. The third-order valence-electron chi connectivity index (χ3n) is 5.73. The lowest BCUT2D eigenvalue weighted by Gasteiger charge is -2.36. The minimum Gasteiger partial charge on any atom is -0.356 e. The van der Waals surface area contributed by atoms with E-state index < -0.39 is 0 Å². The first-order valence-corrected chi connectivity index (χ1v) is 8.62. The Labute approximate surface area is 124 Å². The summed E-state index contributed by atoms with van der Waals surface area (Å²) in [4.78, 5) is 12.3. The van der Waals surface area contributed by atoms with Gasteiger partial charge < -0.3 is 11.1 Å². The molecule has 0 saturated heterocycles. The monoisotopic (exact) mass is 280 g/mol. The summed E-state index contributed by atoms with van der Waals surface area (Å²) in [7, 11) is 0. The molecule has 2 unspecified atom stereocenters. The summed E-state index contributed by atoms with van der Waals surface area (Å²) in [6, 6.07) is 0. The van der Waals surface area contributed by atoms with Crippen LogP contribution in [0, 0.1) is 17.3 Å². The Morgan fingerprint density at radius 2 is 1.85 bits per heavy atom. The molecule has 3 N–H and O–H groups in total. The largest absolute Gasteiger partial charge is 0.356 e. The highest BCUT2D eigenvalue weighted by molar-refractivity contribution is 5.76. The molecule has 2 fully saturated rings. The van der Waals surface area contributed by atoms with Crippen molar-refractivity contribution in [1.29, 1.82) is 0 Å². The fraction of sp³-hybridized carbons (Fsp3) is 0.941. The predicted molar refractivity (Wildman–Crippen MR) is 83.3 cm³/mol. The van der Waals surface area contributed by atoms with E-state index in [-0.39, 0.29) is 11.3 Å². The minimum atomic E-state index is 0.0977. The zero-order valence-electron chi connectivity index (χ0n) is 13.1. The molecule has 116 valence electrons. The van der Waals surface area contributed by atoms with Gasteiger partial charge in [-0.05, 0) is 43.1 Å². The molecule has 20 heavy (non-hydrogen) atoms. The molecular weight excluding hydrogens is 248 g/mol. The SMILES string of the molecule is CC1CCCCC1CNC(=O)CC1(CN)CCCCC1. The van der Waals surface area contributed by atoms with Crippen LogP contribution in [0.25, 0.3) is 0 Å². The molecule has 0 radical (unpaired) electrons. The van der Waals surface area contributed by atoms with Crippen LogP contribution in [0.4, 0.5) is 0 Å². The molecule has 2 rings (SSSR count). The smallest absolute Gasteiger partial charge is 0.220 e. The normalized spacial score (nSPS) is 29.9. The highest BCUT2D eigenvalue weighted by atomic mass is 16.1. The highest BCUT2D eigenvalue weighted by Crippen LogP contribution is 2.38. The quantitative estimate of drug-likeness (QED) is 0.812. The van der Waals surface area contributed by atoms with Crippen molar-refractivity contribution < 1.29 is 4.79 Å². The van der Waals surface area contributed by atoms with E-state index in [1.807, 2.05) is 0 Å². The van der Waals surface area contributed by atoms with E-state index in [0.717, 1.165) is 25.3 Å². The van der Waals surface area contributed by atoms with Crippen molar-refractivity contribution in [3.05, 3.63) is 0 Å². The second kappa shape index (κ2) is 7.44. The second-order valence-electron chi connectivity index (χ2n) is 7.27. The Kier molecular flexibility index (Phi) is 5.88. The molecule has 2 atom stereocenters. The van der Waals surface area contributed by atoms with E-state index in [1.54, 1.807) is 0 Å². The standard InChI is InChI=1S/C17H32N2O/c1-14-7-3-4-8-15(14)12-19-16(20)11-17(13-18)9-5-2-6-10-17/h14-15H,2-13,18H2,1H3,(H,19,20). The van der Waals surface area contributed by atoms with Crippen LogP contribution in [-0.4, -0.2) is 19.0 Å². The molecule has 3 heteroatoms. The van der Waals surface area contributed by atoms with Crippen LogP contribution in [0.2, 0.25) is 0 Å². The van der Waals surface area contributed by atoms with Gasteiger partial charge in [-0.15, -0.1) is 0 Å². The van der Waals surface area contributed by atoms with Crippen LogP contribution >= 0.6 is 0 Å². The second-order valence-corrected chi connectivity index (χ2v) is 7.27. The maximum atomic E-state index is 12.3. The Balaban J connectivity index is 1.76. The number of nitrogens with two attached hydrogens (primary N) is 1. The molecule has 0 heterocycles. The third kappa shape index (κ3) is 4.21. The molecule has 2 aliphatic rings. The van der Waals surface area contributed by atoms with Gasteiger partial charge in [-0.1, -0.05) is 45.4 Å². The number of carbonyl (C=O) groups is 1. The van der Waals surface area contributed by atoms with Gasteiger partial charge in [0.2, 0.25) is 5.91 Å². The van der Waals surface area contributed by atoms with Crippen molar-refractivity contribution in [2.75, 3.05) is 13.1 Å². The fourth-order valence-corrected chi connectivity index (χ4v) is 4.10. The van der Waals surface area contributed by atoms with Crippen molar-refractivity contribution in [3.63, 3.8) is 0 Å². The van der Waals surface area contributed by atoms with Crippen molar-refractivity contribution >= 4 is 5.91 Å². The summed E-state index contributed by atoms with van der Waals surface area (Å²) in [6.07, 6.45) is 12.0. The van der Waals surface area contributed by atoms with Crippen LogP contribution < -0.4 is 11.1 Å². The molecule has 2 aliphatic carbocycles. The molecule has 0 aromatic heterocycles. The van der Waals surface area contributed by atoms with Crippen molar-refractivity contribution in [2.45, 2.75) is 71.1 Å². The predicted octanol–water partition coefficient (Wildman–Crippen LogP) is 3.23. The Hall–Kier alpha value is -0.570. The number of carbonyl (C=O) groups excluding carboxylic acids is 1. The lowest BCUT2D eigenvalue weighted by Crippen LogP contribution is -2.40. The van der Waals surface area contributed by atoms with Gasteiger partial charge in [0, 0.05) is 13.0 Å². The minimum absolute atomic E-state index is 0.0977. The van der Waals surface area contributed by atoms with Gasteiger partial charge in [0.25, 0.3) is 0 Å².